The molecule has 3 aromatic rings. The Bertz CT molecular complexity index is 1180. The number of aromatic hydroxyl groups is 1. The molecule has 0 saturated carbocycles. The van der Waals surface area contributed by atoms with Crippen LogP contribution in [-0.2, 0) is 14.9 Å². The summed E-state index contributed by atoms with van der Waals surface area (Å²) in [5.74, 6) is -0.190. The van der Waals surface area contributed by atoms with Crippen LogP contribution in [0.2, 0.25) is 0 Å². The lowest BCUT2D eigenvalue weighted by Crippen LogP contribution is -2.16. The summed E-state index contributed by atoms with van der Waals surface area (Å²) in [5, 5.41) is 11.1. The number of ether oxygens (including phenoxy) is 2. The number of methoxy groups -OCH3 is 1. The highest BCUT2D eigenvalue weighted by Crippen LogP contribution is 2.41. The van der Waals surface area contributed by atoms with Gasteiger partial charge in [-0.25, -0.2) is 9.78 Å². The van der Waals surface area contributed by atoms with Crippen molar-refractivity contribution in [3.63, 3.8) is 0 Å². The normalized spacial score (nSPS) is 11.3. The average Bonchev–Trinajstić information content (AvgIpc) is 2.74. The Morgan fingerprint density at radius 2 is 1.88 bits per heavy atom. The first-order chi connectivity index (χ1) is 15.1. The first kappa shape index (κ1) is 23.8. The van der Waals surface area contributed by atoms with Crippen LogP contribution in [-0.4, -0.2) is 29.8 Å². The summed E-state index contributed by atoms with van der Waals surface area (Å²) in [6.45, 7) is 7.81. The summed E-state index contributed by atoms with van der Waals surface area (Å²) < 4.78 is 10.0. The predicted octanol–water partition coefficient (Wildman–Crippen LogP) is 5.18. The van der Waals surface area contributed by atoms with Gasteiger partial charge in [0.25, 0.3) is 4.74 Å². The van der Waals surface area contributed by atoms with Crippen molar-refractivity contribution in [2.45, 2.75) is 42.9 Å². The minimum absolute atomic E-state index is 0.183. The summed E-state index contributed by atoms with van der Waals surface area (Å²) in [4.78, 5) is 29.6. The lowest BCUT2D eigenvalue weighted by atomic mass is 9.86. The third-order valence-electron chi connectivity index (χ3n) is 4.68. The zero-order chi connectivity index (χ0) is 23.5. The lowest BCUT2D eigenvalue weighted by Gasteiger charge is -2.24. The maximum Gasteiger partial charge on any atom is 0.343 e. The molecule has 6 nitrogen and oxygen atoms in total. The number of benzene rings is 2. The Labute approximate surface area is 195 Å². The quantitative estimate of drug-likeness (QED) is 0.496. The Morgan fingerprint density at radius 3 is 2.47 bits per heavy atom. The van der Waals surface area contributed by atoms with Gasteiger partial charge in [-0.1, -0.05) is 74.2 Å². The Morgan fingerprint density at radius 1 is 1.19 bits per heavy atom. The second kappa shape index (κ2) is 9.75. The zero-order valence-corrected chi connectivity index (χ0v) is 20.2. The summed E-state index contributed by atoms with van der Waals surface area (Å²) in [6.07, 6.45) is 0. The number of aryl methyl sites for hydroxylation is 1. The average molecular weight is 472 g/mol. The van der Waals surface area contributed by atoms with Crippen LogP contribution >= 0.6 is 23.1 Å². The third-order valence-corrected chi connectivity index (χ3v) is 6.85. The molecule has 32 heavy (non-hydrogen) atoms. The molecule has 0 aliphatic heterocycles. The number of carbonyl (C=O) groups excluding carboxylic acids is 1. The van der Waals surface area contributed by atoms with E-state index in [1.807, 2.05) is 70.2 Å². The van der Waals surface area contributed by atoms with Crippen molar-refractivity contribution in [2.75, 3.05) is 13.7 Å². The number of hydrogen-bond acceptors (Lipinski definition) is 8. The standard InChI is InChI=1S/C24H25NO5S2/c1-14-11-18(16(24(2,3)4)12-17(14)30-13-19(26)29-5)31-20-21(27)25-22(32-23(20)28)15-9-7-6-8-10-15/h6-12,27H,13H2,1-5H3. The lowest BCUT2D eigenvalue weighted by molar-refractivity contribution is -0.142. The van der Waals surface area contributed by atoms with E-state index in [0.29, 0.717) is 10.8 Å². The van der Waals surface area contributed by atoms with Crippen molar-refractivity contribution >= 4 is 29.1 Å². The maximum absolute atomic E-state index is 12.9. The minimum atomic E-state index is -0.466. The molecule has 0 aliphatic carbocycles. The van der Waals surface area contributed by atoms with Gasteiger partial charge in [0.15, 0.2) is 6.61 Å². The topological polar surface area (TPSA) is 85.7 Å². The van der Waals surface area contributed by atoms with Gasteiger partial charge in [-0.05, 0) is 35.6 Å². The summed E-state index contributed by atoms with van der Waals surface area (Å²) in [5.41, 5.74) is 2.22. The van der Waals surface area contributed by atoms with Gasteiger partial charge >= 0.3 is 5.97 Å². The van der Waals surface area contributed by atoms with E-state index in [9.17, 15) is 14.7 Å². The van der Waals surface area contributed by atoms with E-state index in [-0.39, 0.29) is 27.5 Å². The van der Waals surface area contributed by atoms with Gasteiger partial charge in [-0.2, -0.15) is 0 Å². The van der Waals surface area contributed by atoms with E-state index in [4.69, 9.17) is 4.74 Å². The molecule has 0 spiro atoms. The molecule has 8 heteroatoms. The molecule has 168 valence electrons. The summed E-state index contributed by atoms with van der Waals surface area (Å²) in [7, 11) is 1.31. The highest BCUT2D eigenvalue weighted by Gasteiger charge is 2.24. The Hall–Kier alpha value is -2.84. The van der Waals surface area contributed by atoms with Crippen molar-refractivity contribution in [2.24, 2.45) is 0 Å². The van der Waals surface area contributed by atoms with Crippen LogP contribution in [0.4, 0.5) is 0 Å². The zero-order valence-electron chi connectivity index (χ0n) is 18.6. The molecule has 0 unspecified atom stereocenters. The number of rotatable bonds is 6. The fourth-order valence-corrected chi connectivity index (χ4v) is 5.13. The maximum atomic E-state index is 12.9. The van der Waals surface area contributed by atoms with Gasteiger partial charge in [0.2, 0.25) is 5.88 Å². The molecule has 2 aromatic carbocycles. The number of esters is 1. The van der Waals surface area contributed by atoms with E-state index in [1.54, 1.807) is 0 Å². The first-order valence-corrected chi connectivity index (χ1v) is 11.6. The van der Waals surface area contributed by atoms with Crippen molar-refractivity contribution in [1.82, 2.24) is 4.98 Å². The second-order valence-corrected chi connectivity index (χ2v) is 10.2. The molecule has 1 N–H and O–H groups in total. The highest BCUT2D eigenvalue weighted by molar-refractivity contribution is 7.99. The molecular weight excluding hydrogens is 446 g/mol. The van der Waals surface area contributed by atoms with Crippen LogP contribution in [0, 0.1) is 6.92 Å². The highest BCUT2D eigenvalue weighted by atomic mass is 32.2. The molecule has 0 atom stereocenters. The Balaban J connectivity index is 2.00. The largest absolute Gasteiger partial charge is 0.492 e. The van der Waals surface area contributed by atoms with E-state index < -0.39 is 5.97 Å². The van der Waals surface area contributed by atoms with Crippen LogP contribution in [0.15, 0.2) is 57.1 Å². The van der Waals surface area contributed by atoms with Crippen LogP contribution in [0.1, 0.15) is 31.9 Å². The van der Waals surface area contributed by atoms with Gasteiger partial charge in [-0.3, -0.25) is 4.79 Å². The number of carbonyl (C=O) groups is 1. The Kier molecular flexibility index (Phi) is 7.26. The molecule has 1 aromatic heterocycles. The predicted molar refractivity (Wildman–Crippen MR) is 127 cm³/mol. The number of nitrogens with zero attached hydrogens (tertiary/aromatic N) is 1. The van der Waals surface area contributed by atoms with Crippen molar-refractivity contribution in [3.05, 3.63) is 63.1 Å². The van der Waals surface area contributed by atoms with Gasteiger partial charge < -0.3 is 14.6 Å². The van der Waals surface area contributed by atoms with Crippen molar-refractivity contribution in [1.29, 1.82) is 0 Å². The van der Waals surface area contributed by atoms with Crippen molar-refractivity contribution < 1.29 is 19.4 Å². The molecule has 0 saturated heterocycles. The van der Waals surface area contributed by atoms with Gasteiger partial charge in [0.1, 0.15) is 15.7 Å². The number of hydrogen-bond donors (Lipinski definition) is 1. The smallest absolute Gasteiger partial charge is 0.343 e. The molecule has 0 amide bonds. The first-order valence-electron chi connectivity index (χ1n) is 9.92. The molecule has 0 bridgehead atoms. The van der Waals surface area contributed by atoms with Crippen LogP contribution in [0.25, 0.3) is 10.6 Å². The van der Waals surface area contributed by atoms with Gasteiger partial charge in [0.05, 0.1) is 7.11 Å². The van der Waals surface area contributed by atoms with E-state index >= 15 is 0 Å². The van der Waals surface area contributed by atoms with Crippen molar-refractivity contribution in [3.8, 4) is 22.2 Å². The number of aromatic nitrogens is 1. The van der Waals surface area contributed by atoms with Crippen LogP contribution in [0.5, 0.6) is 11.6 Å². The molecule has 1 heterocycles. The van der Waals surface area contributed by atoms with Crippen LogP contribution < -0.4 is 9.48 Å². The van der Waals surface area contributed by atoms with Gasteiger partial charge in [0, 0.05) is 10.5 Å². The molecule has 0 fully saturated rings. The van der Waals surface area contributed by atoms with E-state index in [0.717, 1.165) is 32.9 Å². The summed E-state index contributed by atoms with van der Waals surface area (Å²) in [6, 6.07) is 13.1. The van der Waals surface area contributed by atoms with Gasteiger partial charge in [-0.15, -0.1) is 0 Å². The third kappa shape index (κ3) is 5.49. The molecular formula is C24H25NO5S2. The monoisotopic (exact) mass is 471 g/mol. The fraction of sp³-hybridized carbons (Fsp3) is 0.292. The summed E-state index contributed by atoms with van der Waals surface area (Å²) >= 11 is 2.19. The molecule has 0 aliphatic rings. The SMILES string of the molecule is COC(=O)COc1cc(C(C)(C)C)c(Sc2c(O)nc(-c3ccccc3)sc2=O)cc1C. The molecule has 3 rings (SSSR count). The minimum Gasteiger partial charge on any atom is -0.492 e. The van der Waals surface area contributed by atoms with E-state index in [1.165, 1.54) is 18.9 Å². The van der Waals surface area contributed by atoms with Crippen LogP contribution in [0.3, 0.4) is 0 Å². The van der Waals surface area contributed by atoms with E-state index in [2.05, 4.69) is 9.72 Å². The second-order valence-electron chi connectivity index (χ2n) is 8.16. The molecule has 0 radical (unpaired) electrons. The fourth-order valence-electron chi connectivity index (χ4n) is 2.98.